The Balaban J connectivity index is 0.000000720. The van der Waals surface area contributed by atoms with Gasteiger partial charge in [-0.1, -0.05) is 39.0 Å². The molecule has 2 aliphatic carbocycles. The van der Waals surface area contributed by atoms with Crippen LogP contribution in [-0.4, -0.2) is 0 Å². The van der Waals surface area contributed by atoms with Crippen LogP contribution >= 0.6 is 0 Å². The van der Waals surface area contributed by atoms with E-state index in [1.807, 2.05) is 0 Å². The molecule has 0 aromatic carbocycles. The molecule has 0 heterocycles. The van der Waals surface area contributed by atoms with Crippen LogP contribution in [0.4, 0.5) is 0 Å². The van der Waals surface area contributed by atoms with Crippen LogP contribution in [0, 0.1) is 12.0 Å². The second kappa shape index (κ2) is 4.05. The van der Waals surface area contributed by atoms with E-state index in [2.05, 4.69) is 19.9 Å². The molecule has 0 fully saturated rings. The fourth-order valence-corrected chi connectivity index (χ4v) is 2.33. The van der Waals surface area contributed by atoms with Crippen LogP contribution in [0.3, 0.4) is 0 Å². The molecule has 2 rings (SSSR count). The first-order valence-corrected chi connectivity index (χ1v) is 4.61. The van der Waals surface area contributed by atoms with Gasteiger partial charge in [-0.2, -0.15) is 11.1 Å². The molecule has 0 radical (unpaired) electrons. The normalized spacial score (nSPS) is 27.8. The van der Waals surface area contributed by atoms with Crippen LogP contribution in [0.15, 0.2) is 16.7 Å². The van der Waals surface area contributed by atoms with Crippen molar-refractivity contribution in [3.05, 3.63) is 22.8 Å². The van der Waals surface area contributed by atoms with E-state index in [0.717, 1.165) is 0 Å². The van der Waals surface area contributed by atoms with Gasteiger partial charge in [-0.05, 0) is 6.42 Å². The minimum atomic E-state index is 0. The first kappa shape index (κ1) is 10.4. The summed E-state index contributed by atoms with van der Waals surface area (Å²) in [7, 11) is 0. The maximum Gasteiger partial charge on any atom is 4.00 e. The third kappa shape index (κ3) is 1.66. The molecular weight excluding hydrogens is 223 g/mol. The van der Waals surface area contributed by atoms with Crippen LogP contribution in [0.2, 0.25) is 0 Å². The molecule has 0 saturated carbocycles. The summed E-state index contributed by atoms with van der Waals surface area (Å²) in [6.07, 6.45) is 8.95. The second-order valence-corrected chi connectivity index (χ2v) is 3.70. The predicted octanol–water partition coefficient (Wildman–Crippen LogP) is 3.25. The molecule has 0 amide bonds. The molecule has 0 bridgehead atoms. The molecule has 0 aliphatic heterocycles. The van der Waals surface area contributed by atoms with Crippen molar-refractivity contribution < 1.29 is 26.2 Å². The zero-order valence-corrected chi connectivity index (χ0v) is 10.4. The van der Waals surface area contributed by atoms with Gasteiger partial charge in [-0.15, -0.1) is 0 Å². The predicted molar refractivity (Wildman–Crippen MR) is 47.1 cm³/mol. The minimum absolute atomic E-state index is 0. The van der Waals surface area contributed by atoms with Crippen LogP contribution < -0.4 is 0 Å². The van der Waals surface area contributed by atoms with Gasteiger partial charge in [0.1, 0.15) is 0 Å². The fraction of sp³-hybridized carbons (Fsp3) is 0.636. The number of hydrogen-bond donors (Lipinski definition) is 0. The quantitative estimate of drug-likeness (QED) is 0.568. The molecule has 0 spiro atoms. The summed E-state index contributed by atoms with van der Waals surface area (Å²) in [6.45, 7) is 4.49. The van der Waals surface area contributed by atoms with Crippen molar-refractivity contribution in [2.75, 3.05) is 0 Å². The summed E-state index contributed by atoms with van der Waals surface area (Å²) < 4.78 is 0. The van der Waals surface area contributed by atoms with E-state index in [1.54, 1.807) is 11.1 Å². The van der Waals surface area contributed by atoms with E-state index in [9.17, 15) is 0 Å². The van der Waals surface area contributed by atoms with Gasteiger partial charge < -0.3 is 0 Å². The SMILES string of the molecule is CC1=[C-]C(C)C2=C1CCCC2.[Zr+4]. The number of hydrogen-bond acceptors (Lipinski definition) is 0. The summed E-state index contributed by atoms with van der Waals surface area (Å²) in [6, 6.07) is 0. The van der Waals surface area contributed by atoms with E-state index in [-0.39, 0.29) is 26.2 Å². The standard InChI is InChI=1S/C11H15.Zr/c1-8-7-9(2)11-6-4-3-5-10(8)11;/h8H,3-6H2,1-2H3;/q-1;+4. The molecule has 1 heteroatoms. The molecule has 1 atom stereocenters. The first-order valence-electron chi connectivity index (χ1n) is 4.61. The van der Waals surface area contributed by atoms with Gasteiger partial charge in [0, 0.05) is 0 Å². The Morgan fingerprint density at radius 1 is 1.25 bits per heavy atom. The molecule has 2 aliphatic rings. The third-order valence-electron chi connectivity index (χ3n) is 2.92. The molecule has 60 valence electrons. The second-order valence-electron chi connectivity index (χ2n) is 3.70. The monoisotopic (exact) mass is 237 g/mol. The Morgan fingerprint density at radius 3 is 2.58 bits per heavy atom. The van der Waals surface area contributed by atoms with Crippen molar-refractivity contribution in [3.8, 4) is 0 Å². The van der Waals surface area contributed by atoms with Crippen LogP contribution in [0.25, 0.3) is 0 Å². The molecule has 0 aromatic rings. The number of allylic oxidation sites excluding steroid dienone is 4. The van der Waals surface area contributed by atoms with Crippen LogP contribution in [-0.2, 0) is 26.2 Å². The third-order valence-corrected chi connectivity index (χ3v) is 2.92. The average molecular weight is 238 g/mol. The van der Waals surface area contributed by atoms with Gasteiger partial charge in [-0.3, -0.25) is 6.08 Å². The first-order chi connectivity index (χ1) is 5.29. The van der Waals surface area contributed by atoms with Gasteiger partial charge in [0.15, 0.2) is 0 Å². The average Bonchev–Trinajstić information content (AvgIpc) is 2.30. The Morgan fingerprint density at radius 2 is 1.92 bits per heavy atom. The van der Waals surface area contributed by atoms with Crippen molar-refractivity contribution in [2.45, 2.75) is 39.5 Å². The molecule has 0 aromatic heterocycles. The van der Waals surface area contributed by atoms with Gasteiger partial charge >= 0.3 is 26.2 Å². The van der Waals surface area contributed by atoms with Gasteiger partial charge in [0.25, 0.3) is 0 Å². The fourth-order valence-electron chi connectivity index (χ4n) is 2.33. The van der Waals surface area contributed by atoms with Crippen molar-refractivity contribution in [1.82, 2.24) is 0 Å². The Hall–Kier alpha value is 0.363. The molecule has 0 N–H and O–H groups in total. The maximum absolute atomic E-state index is 3.50. The molecule has 12 heavy (non-hydrogen) atoms. The van der Waals surface area contributed by atoms with E-state index < -0.39 is 0 Å². The van der Waals surface area contributed by atoms with Crippen molar-refractivity contribution in [3.63, 3.8) is 0 Å². The van der Waals surface area contributed by atoms with Crippen LogP contribution in [0.5, 0.6) is 0 Å². The van der Waals surface area contributed by atoms with E-state index in [0.29, 0.717) is 5.92 Å². The van der Waals surface area contributed by atoms with Crippen molar-refractivity contribution in [2.24, 2.45) is 5.92 Å². The smallest absolute Gasteiger partial charge is 0.266 e. The molecule has 0 nitrogen and oxygen atoms in total. The largest absolute Gasteiger partial charge is 4.00 e. The summed E-state index contributed by atoms with van der Waals surface area (Å²) in [5.74, 6) is 0.630. The summed E-state index contributed by atoms with van der Waals surface area (Å²) >= 11 is 0. The minimum Gasteiger partial charge on any atom is -0.266 e. The molecule has 1 unspecified atom stereocenters. The Kier molecular flexibility index (Phi) is 3.52. The maximum atomic E-state index is 3.50. The van der Waals surface area contributed by atoms with Gasteiger partial charge in [0.2, 0.25) is 0 Å². The Labute approximate surface area is 94.2 Å². The zero-order valence-electron chi connectivity index (χ0n) is 7.91. The summed E-state index contributed by atoms with van der Waals surface area (Å²) in [5.41, 5.74) is 4.77. The van der Waals surface area contributed by atoms with Crippen molar-refractivity contribution in [1.29, 1.82) is 0 Å². The summed E-state index contributed by atoms with van der Waals surface area (Å²) in [5, 5.41) is 0. The van der Waals surface area contributed by atoms with Gasteiger partial charge in [-0.25, -0.2) is 5.57 Å². The topological polar surface area (TPSA) is 0 Å². The van der Waals surface area contributed by atoms with E-state index in [1.165, 1.54) is 31.3 Å². The van der Waals surface area contributed by atoms with Crippen LogP contribution in [0.1, 0.15) is 39.5 Å². The zero-order chi connectivity index (χ0) is 7.84. The summed E-state index contributed by atoms with van der Waals surface area (Å²) in [4.78, 5) is 0. The van der Waals surface area contributed by atoms with E-state index >= 15 is 0 Å². The molecular formula is C11H15Zr+3. The van der Waals surface area contributed by atoms with Crippen molar-refractivity contribution >= 4 is 0 Å². The van der Waals surface area contributed by atoms with Gasteiger partial charge in [0.05, 0.1) is 0 Å². The molecule has 0 saturated heterocycles. The Bertz CT molecular complexity index is 235. The number of rotatable bonds is 0. The van der Waals surface area contributed by atoms with E-state index in [4.69, 9.17) is 0 Å².